The summed E-state index contributed by atoms with van der Waals surface area (Å²) in [5.74, 6) is 0. The van der Waals surface area contributed by atoms with Gasteiger partial charge in [-0.15, -0.1) is 11.3 Å². The number of fused-ring (bicyclic) bond motifs is 1. The number of ether oxygens (including phenoxy) is 1. The van der Waals surface area contributed by atoms with Crippen LogP contribution in [0.3, 0.4) is 0 Å². The molecule has 1 heterocycles. The number of hydrogen-bond acceptors (Lipinski definition) is 4. The first-order valence-corrected chi connectivity index (χ1v) is 6.40. The highest BCUT2D eigenvalue weighted by Gasteiger charge is 2.23. The first-order chi connectivity index (χ1) is 7.22. The van der Waals surface area contributed by atoms with E-state index in [0.29, 0.717) is 0 Å². The molecule has 2 unspecified atom stereocenters. The van der Waals surface area contributed by atoms with Gasteiger partial charge in [0.25, 0.3) is 0 Å². The van der Waals surface area contributed by atoms with Gasteiger partial charge in [-0.25, -0.2) is 4.98 Å². The van der Waals surface area contributed by atoms with Crippen molar-refractivity contribution < 1.29 is 4.74 Å². The lowest BCUT2D eigenvalue weighted by molar-refractivity contribution is 0.0760. The Hall–Kier alpha value is -0.450. The van der Waals surface area contributed by atoms with Crippen LogP contribution in [-0.4, -0.2) is 11.6 Å². The maximum Gasteiger partial charge on any atom is 0.122 e. The molecule has 1 aliphatic rings. The highest BCUT2D eigenvalue weighted by molar-refractivity contribution is 7.11. The molecule has 2 rings (SSSR count). The maximum atomic E-state index is 6.04. The normalized spacial score (nSPS) is 22.5. The van der Waals surface area contributed by atoms with Crippen LogP contribution in [0.2, 0.25) is 0 Å². The number of nitrogens with two attached hydrogens (primary N) is 1. The van der Waals surface area contributed by atoms with Gasteiger partial charge >= 0.3 is 0 Å². The van der Waals surface area contributed by atoms with Crippen molar-refractivity contribution in [1.82, 2.24) is 4.98 Å². The zero-order chi connectivity index (χ0) is 10.8. The maximum absolute atomic E-state index is 6.04. The van der Waals surface area contributed by atoms with E-state index < -0.39 is 0 Å². The Kier molecular flexibility index (Phi) is 3.38. The highest BCUT2D eigenvalue weighted by Crippen LogP contribution is 2.34. The topological polar surface area (TPSA) is 48.1 Å². The number of hydrogen-bond donors (Lipinski definition) is 1. The molecular weight excluding hydrogens is 208 g/mol. The van der Waals surface area contributed by atoms with Crippen molar-refractivity contribution in [3.63, 3.8) is 0 Å². The third-order valence-electron chi connectivity index (χ3n) is 2.78. The van der Waals surface area contributed by atoms with Crippen molar-refractivity contribution in [2.45, 2.75) is 45.3 Å². The second-order valence-electron chi connectivity index (χ2n) is 3.96. The lowest BCUT2D eigenvalue weighted by atomic mass is 9.99. The van der Waals surface area contributed by atoms with Gasteiger partial charge in [-0.2, -0.15) is 0 Å². The van der Waals surface area contributed by atoms with Gasteiger partial charge in [-0.05, 0) is 33.1 Å². The molecule has 0 amide bonds. The monoisotopic (exact) mass is 226 g/mol. The second kappa shape index (κ2) is 4.60. The van der Waals surface area contributed by atoms with Gasteiger partial charge < -0.3 is 10.5 Å². The molecule has 0 saturated heterocycles. The molecule has 0 aromatic carbocycles. The van der Waals surface area contributed by atoms with E-state index >= 15 is 0 Å². The fourth-order valence-electron chi connectivity index (χ4n) is 1.97. The van der Waals surface area contributed by atoms with Crippen LogP contribution >= 0.6 is 11.3 Å². The van der Waals surface area contributed by atoms with Crippen molar-refractivity contribution in [2.75, 3.05) is 6.61 Å². The molecular formula is C11H18N2OS. The lowest BCUT2D eigenvalue weighted by Gasteiger charge is -2.15. The summed E-state index contributed by atoms with van der Waals surface area (Å²) in [5, 5.41) is 1.08. The summed E-state index contributed by atoms with van der Waals surface area (Å²) in [6, 6.07) is 0.146. The fourth-order valence-corrected chi connectivity index (χ4v) is 3.14. The molecule has 4 heteroatoms. The van der Waals surface area contributed by atoms with E-state index in [1.807, 2.05) is 6.92 Å². The van der Waals surface area contributed by atoms with Gasteiger partial charge in [0.05, 0.1) is 5.69 Å². The van der Waals surface area contributed by atoms with Crippen LogP contribution in [0.15, 0.2) is 0 Å². The van der Waals surface area contributed by atoms with E-state index in [2.05, 4.69) is 11.9 Å². The average molecular weight is 226 g/mol. The molecule has 3 nitrogen and oxygen atoms in total. The SMILES string of the molecule is CCOC(C)c1nc2c(s1)CCCC2N. The minimum Gasteiger partial charge on any atom is -0.372 e. The molecule has 2 atom stereocenters. The van der Waals surface area contributed by atoms with Crippen LogP contribution in [0, 0.1) is 0 Å². The fraction of sp³-hybridized carbons (Fsp3) is 0.727. The summed E-state index contributed by atoms with van der Waals surface area (Å²) in [6.45, 7) is 4.80. The zero-order valence-corrected chi connectivity index (χ0v) is 10.1. The highest BCUT2D eigenvalue weighted by atomic mass is 32.1. The van der Waals surface area contributed by atoms with E-state index in [9.17, 15) is 0 Å². The van der Waals surface area contributed by atoms with Crippen molar-refractivity contribution in [3.8, 4) is 0 Å². The summed E-state index contributed by atoms with van der Waals surface area (Å²) in [6.07, 6.45) is 3.51. The molecule has 0 radical (unpaired) electrons. The Bertz CT molecular complexity index is 337. The van der Waals surface area contributed by atoms with Gasteiger partial charge in [0.1, 0.15) is 11.1 Å². The average Bonchev–Trinajstić information content (AvgIpc) is 2.63. The quantitative estimate of drug-likeness (QED) is 0.861. The number of aryl methyl sites for hydroxylation is 1. The Balaban J connectivity index is 2.21. The first kappa shape index (κ1) is 11.0. The van der Waals surface area contributed by atoms with Crippen LogP contribution in [0.1, 0.15) is 54.4 Å². The molecule has 1 aliphatic carbocycles. The molecule has 0 saturated carbocycles. The number of nitrogens with zero attached hydrogens (tertiary/aromatic N) is 1. The van der Waals surface area contributed by atoms with Crippen molar-refractivity contribution in [2.24, 2.45) is 5.73 Å². The van der Waals surface area contributed by atoms with Gasteiger partial charge in [-0.3, -0.25) is 0 Å². The van der Waals surface area contributed by atoms with Gasteiger partial charge in [0.15, 0.2) is 0 Å². The summed E-state index contributed by atoms with van der Waals surface area (Å²) < 4.78 is 5.55. The Morgan fingerprint density at radius 1 is 1.67 bits per heavy atom. The molecule has 1 aromatic rings. The predicted octanol–water partition coefficient (Wildman–Crippen LogP) is 2.58. The van der Waals surface area contributed by atoms with Crippen LogP contribution in [0.25, 0.3) is 0 Å². The summed E-state index contributed by atoms with van der Waals surface area (Å²) in [4.78, 5) is 5.99. The van der Waals surface area contributed by atoms with Gasteiger partial charge in [-0.1, -0.05) is 0 Å². The zero-order valence-electron chi connectivity index (χ0n) is 9.32. The van der Waals surface area contributed by atoms with Gasteiger partial charge in [0.2, 0.25) is 0 Å². The third kappa shape index (κ3) is 2.22. The van der Waals surface area contributed by atoms with Crippen LogP contribution in [-0.2, 0) is 11.2 Å². The minimum atomic E-state index is 0.109. The Labute approximate surface area is 94.7 Å². The Morgan fingerprint density at radius 3 is 3.13 bits per heavy atom. The van der Waals surface area contributed by atoms with Crippen molar-refractivity contribution in [1.29, 1.82) is 0 Å². The van der Waals surface area contributed by atoms with E-state index in [0.717, 1.165) is 30.2 Å². The standard InChI is InChI=1S/C11H18N2OS/c1-3-14-7(2)11-13-10-8(12)5-4-6-9(10)15-11/h7-8H,3-6,12H2,1-2H3. The molecule has 0 fully saturated rings. The summed E-state index contributed by atoms with van der Waals surface area (Å²) in [7, 11) is 0. The molecule has 84 valence electrons. The molecule has 0 bridgehead atoms. The van der Waals surface area contributed by atoms with Gasteiger partial charge in [0, 0.05) is 17.5 Å². The van der Waals surface area contributed by atoms with Crippen LogP contribution in [0.4, 0.5) is 0 Å². The smallest absolute Gasteiger partial charge is 0.122 e. The third-order valence-corrected chi connectivity index (χ3v) is 4.07. The number of aromatic nitrogens is 1. The molecule has 2 N–H and O–H groups in total. The van der Waals surface area contributed by atoms with Crippen molar-refractivity contribution in [3.05, 3.63) is 15.6 Å². The predicted molar refractivity (Wildman–Crippen MR) is 62.0 cm³/mol. The van der Waals surface area contributed by atoms with Crippen LogP contribution < -0.4 is 5.73 Å². The first-order valence-electron chi connectivity index (χ1n) is 5.59. The van der Waals surface area contributed by atoms with Crippen LogP contribution in [0.5, 0.6) is 0 Å². The second-order valence-corrected chi connectivity index (χ2v) is 5.07. The molecule has 1 aromatic heterocycles. The van der Waals surface area contributed by atoms with E-state index in [4.69, 9.17) is 10.5 Å². The molecule has 0 spiro atoms. The summed E-state index contributed by atoms with van der Waals surface area (Å²) >= 11 is 1.77. The minimum absolute atomic E-state index is 0.109. The Morgan fingerprint density at radius 2 is 2.47 bits per heavy atom. The summed E-state index contributed by atoms with van der Waals surface area (Å²) in [5.41, 5.74) is 7.16. The van der Waals surface area contributed by atoms with E-state index in [1.165, 1.54) is 11.3 Å². The number of rotatable bonds is 3. The van der Waals surface area contributed by atoms with E-state index in [1.54, 1.807) is 11.3 Å². The lowest BCUT2D eigenvalue weighted by Crippen LogP contribution is -2.16. The van der Waals surface area contributed by atoms with Crippen molar-refractivity contribution >= 4 is 11.3 Å². The largest absolute Gasteiger partial charge is 0.372 e. The molecule has 15 heavy (non-hydrogen) atoms. The molecule has 0 aliphatic heterocycles. The van der Waals surface area contributed by atoms with E-state index in [-0.39, 0.29) is 12.1 Å². The number of thiazole rings is 1.